The molecule has 0 radical (unpaired) electrons. The van der Waals surface area contributed by atoms with E-state index < -0.39 is 0 Å². The summed E-state index contributed by atoms with van der Waals surface area (Å²) in [5, 5.41) is 0. The van der Waals surface area contributed by atoms with Gasteiger partial charge in [-0.3, -0.25) is 4.79 Å². The third-order valence-electron chi connectivity index (χ3n) is 2.60. The van der Waals surface area contributed by atoms with E-state index in [2.05, 4.69) is 6.92 Å². The van der Waals surface area contributed by atoms with Gasteiger partial charge >= 0.3 is 5.97 Å². The van der Waals surface area contributed by atoms with Crippen LogP contribution in [0.3, 0.4) is 0 Å². The van der Waals surface area contributed by atoms with Crippen molar-refractivity contribution in [1.82, 2.24) is 0 Å². The number of unbranched alkanes of at least 4 members (excludes halogenated alkanes) is 6. The molecule has 0 amide bonds. The zero-order valence-corrected chi connectivity index (χ0v) is 10.7. The van der Waals surface area contributed by atoms with Crippen LogP contribution in [0.25, 0.3) is 0 Å². The molecule has 0 bridgehead atoms. The summed E-state index contributed by atoms with van der Waals surface area (Å²) in [6.45, 7) is 3.29. The predicted octanol–water partition coefficient (Wildman–Crippen LogP) is 3.02. The molecule has 0 saturated carbocycles. The fourth-order valence-electron chi connectivity index (χ4n) is 1.57. The Morgan fingerprint density at radius 1 is 1.00 bits per heavy atom. The molecule has 0 atom stereocenters. The largest absolute Gasteiger partial charge is 0.466 e. The molecule has 0 aliphatic carbocycles. The first kappa shape index (κ1) is 15.4. The molecule has 0 aromatic carbocycles. The van der Waals surface area contributed by atoms with E-state index in [0.29, 0.717) is 19.6 Å². The summed E-state index contributed by atoms with van der Waals surface area (Å²) < 4.78 is 5.01. The Morgan fingerprint density at radius 3 is 2.25 bits per heavy atom. The van der Waals surface area contributed by atoms with Gasteiger partial charge in [0.2, 0.25) is 0 Å². The highest BCUT2D eigenvalue weighted by Gasteiger charge is 2.01. The van der Waals surface area contributed by atoms with Crippen LogP contribution in [0.2, 0.25) is 0 Å². The van der Waals surface area contributed by atoms with Gasteiger partial charge in [-0.05, 0) is 19.4 Å². The molecule has 2 N–H and O–H groups in total. The SMILES string of the molecule is CCCCCCCCCC(=O)OCCCN. The second kappa shape index (κ2) is 12.5. The molecule has 0 spiro atoms. The number of esters is 1. The normalized spacial score (nSPS) is 10.4. The fourth-order valence-corrected chi connectivity index (χ4v) is 1.57. The number of carbonyl (C=O) groups is 1. The third kappa shape index (κ3) is 11.5. The standard InChI is InChI=1S/C13H27NO2/c1-2-3-4-5-6-7-8-10-13(15)16-12-9-11-14/h2-12,14H2,1H3. The van der Waals surface area contributed by atoms with Crippen molar-refractivity contribution in [2.75, 3.05) is 13.2 Å². The van der Waals surface area contributed by atoms with Gasteiger partial charge in [-0.15, -0.1) is 0 Å². The summed E-state index contributed by atoms with van der Waals surface area (Å²) in [5.41, 5.74) is 5.30. The van der Waals surface area contributed by atoms with E-state index in [1.807, 2.05) is 0 Å². The van der Waals surface area contributed by atoms with Crippen LogP contribution in [-0.4, -0.2) is 19.1 Å². The minimum Gasteiger partial charge on any atom is -0.466 e. The molecule has 0 rings (SSSR count). The highest BCUT2D eigenvalue weighted by Crippen LogP contribution is 2.08. The minimum absolute atomic E-state index is 0.0676. The van der Waals surface area contributed by atoms with E-state index in [1.165, 1.54) is 32.1 Å². The summed E-state index contributed by atoms with van der Waals surface area (Å²) >= 11 is 0. The van der Waals surface area contributed by atoms with Crippen molar-refractivity contribution in [3.8, 4) is 0 Å². The molecule has 3 heteroatoms. The van der Waals surface area contributed by atoms with E-state index in [-0.39, 0.29) is 5.97 Å². The fraction of sp³-hybridized carbons (Fsp3) is 0.923. The van der Waals surface area contributed by atoms with Crippen LogP contribution in [0.4, 0.5) is 0 Å². The van der Waals surface area contributed by atoms with E-state index in [1.54, 1.807) is 0 Å². The van der Waals surface area contributed by atoms with Crippen molar-refractivity contribution >= 4 is 5.97 Å². The third-order valence-corrected chi connectivity index (χ3v) is 2.60. The van der Waals surface area contributed by atoms with Gasteiger partial charge in [-0.2, -0.15) is 0 Å². The van der Waals surface area contributed by atoms with Crippen LogP contribution >= 0.6 is 0 Å². The number of carbonyl (C=O) groups excluding carboxylic acids is 1. The zero-order chi connectivity index (χ0) is 12.1. The number of nitrogens with two attached hydrogens (primary N) is 1. The molecule has 0 aliphatic rings. The Morgan fingerprint density at radius 2 is 1.62 bits per heavy atom. The van der Waals surface area contributed by atoms with Gasteiger partial charge in [0.1, 0.15) is 0 Å². The van der Waals surface area contributed by atoms with E-state index in [4.69, 9.17) is 10.5 Å². The van der Waals surface area contributed by atoms with Gasteiger partial charge in [0, 0.05) is 6.42 Å². The first-order valence-electron chi connectivity index (χ1n) is 6.67. The number of hydrogen-bond donors (Lipinski definition) is 1. The maximum absolute atomic E-state index is 11.2. The van der Waals surface area contributed by atoms with E-state index >= 15 is 0 Å². The smallest absolute Gasteiger partial charge is 0.305 e. The first-order chi connectivity index (χ1) is 7.81. The monoisotopic (exact) mass is 229 g/mol. The topological polar surface area (TPSA) is 52.3 Å². The van der Waals surface area contributed by atoms with Crippen LogP contribution in [0, 0.1) is 0 Å². The second-order valence-electron chi connectivity index (χ2n) is 4.23. The molecule has 0 saturated heterocycles. The van der Waals surface area contributed by atoms with Crippen LogP contribution in [-0.2, 0) is 9.53 Å². The maximum atomic E-state index is 11.2. The lowest BCUT2D eigenvalue weighted by molar-refractivity contribution is -0.143. The lowest BCUT2D eigenvalue weighted by Gasteiger charge is -2.03. The summed E-state index contributed by atoms with van der Waals surface area (Å²) in [5.74, 6) is -0.0676. The van der Waals surface area contributed by atoms with Gasteiger partial charge in [-0.1, -0.05) is 45.4 Å². The molecule has 0 aliphatic heterocycles. The van der Waals surface area contributed by atoms with Gasteiger partial charge in [0.05, 0.1) is 6.61 Å². The van der Waals surface area contributed by atoms with Crippen molar-refractivity contribution in [3.05, 3.63) is 0 Å². The van der Waals surface area contributed by atoms with Crippen molar-refractivity contribution in [3.63, 3.8) is 0 Å². The summed E-state index contributed by atoms with van der Waals surface area (Å²) in [4.78, 5) is 11.2. The highest BCUT2D eigenvalue weighted by molar-refractivity contribution is 5.69. The number of ether oxygens (including phenoxy) is 1. The molecule has 96 valence electrons. The summed E-state index contributed by atoms with van der Waals surface area (Å²) in [7, 11) is 0. The Labute approximate surface area is 99.7 Å². The lowest BCUT2D eigenvalue weighted by atomic mass is 10.1. The average Bonchev–Trinajstić information content (AvgIpc) is 2.28. The predicted molar refractivity (Wildman–Crippen MR) is 67.2 cm³/mol. The quantitative estimate of drug-likeness (QED) is 0.437. The minimum atomic E-state index is -0.0676. The molecule has 0 unspecified atom stereocenters. The van der Waals surface area contributed by atoms with E-state index in [9.17, 15) is 4.79 Å². The van der Waals surface area contributed by atoms with Crippen molar-refractivity contribution in [2.24, 2.45) is 5.73 Å². The molecule has 3 nitrogen and oxygen atoms in total. The van der Waals surface area contributed by atoms with Gasteiger partial charge < -0.3 is 10.5 Å². The molecule has 16 heavy (non-hydrogen) atoms. The van der Waals surface area contributed by atoms with Crippen LogP contribution in [0.1, 0.15) is 64.7 Å². The van der Waals surface area contributed by atoms with Crippen LogP contribution < -0.4 is 5.73 Å². The zero-order valence-electron chi connectivity index (χ0n) is 10.7. The molecule has 0 fully saturated rings. The van der Waals surface area contributed by atoms with Crippen molar-refractivity contribution < 1.29 is 9.53 Å². The maximum Gasteiger partial charge on any atom is 0.305 e. The second-order valence-corrected chi connectivity index (χ2v) is 4.23. The summed E-state index contributed by atoms with van der Waals surface area (Å²) in [6.07, 6.45) is 9.95. The molecular formula is C13H27NO2. The van der Waals surface area contributed by atoms with Crippen molar-refractivity contribution in [2.45, 2.75) is 64.7 Å². The first-order valence-corrected chi connectivity index (χ1v) is 6.67. The molecule has 0 aromatic rings. The molecular weight excluding hydrogens is 202 g/mol. The number of rotatable bonds is 11. The Kier molecular flexibility index (Phi) is 12.1. The lowest BCUT2D eigenvalue weighted by Crippen LogP contribution is -2.09. The van der Waals surface area contributed by atoms with Gasteiger partial charge in [0.15, 0.2) is 0 Å². The Balaban J connectivity index is 3.09. The van der Waals surface area contributed by atoms with Crippen molar-refractivity contribution in [1.29, 1.82) is 0 Å². The Hall–Kier alpha value is -0.570. The summed E-state index contributed by atoms with van der Waals surface area (Å²) in [6, 6.07) is 0. The van der Waals surface area contributed by atoms with Crippen LogP contribution in [0.5, 0.6) is 0 Å². The van der Waals surface area contributed by atoms with E-state index in [0.717, 1.165) is 19.3 Å². The van der Waals surface area contributed by atoms with Gasteiger partial charge in [-0.25, -0.2) is 0 Å². The average molecular weight is 229 g/mol. The van der Waals surface area contributed by atoms with Crippen LogP contribution in [0.15, 0.2) is 0 Å². The molecule has 0 aromatic heterocycles. The highest BCUT2D eigenvalue weighted by atomic mass is 16.5. The number of hydrogen-bond acceptors (Lipinski definition) is 3. The van der Waals surface area contributed by atoms with Gasteiger partial charge in [0.25, 0.3) is 0 Å². The Bertz CT molecular complexity index is 160. The molecule has 0 heterocycles.